The monoisotopic (exact) mass is 286 g/mol. The molecule has 0 heterocycles. The van der Waals surface area contributed by atoms with E-state index in [2.05, 4.69) is 5.32 Å². The predicted octanol–water partition coefficient (Wildman–Crippen LogP) is 2.00. The van der Waals surface area contributed by atoms with Crippen LogP contribution in [0.25, 0.3) is 0 Å². The van der Waals surface area contributed by atoms with Gasteiger partial charge in [0, 0.05) is 25.6 Å². The lowest BCUT2D eigenvalue weighted by Crippen LogP contribution is -2.60. The van der Waals surface area contributed by atoms with Crippen molar-refractivity contribution in [3.05, 3.63) is 33.3 Å². The van der Waals surface area contributed by atoms with E-state index < -0.39 is 4.92 Å². The molecule has 3 unspecified atom stereocenters. The molecule has 1 N–H and O–H groups in total. The number of para-hydroxylation sites is 1. The predicted molar refractivity (Wildman–Crippen MR) is 70.8 cm³/mol. The summed E-state index contributed by atoms with van der Waals surface area (Å²) in [4.78, 5) is 10.5. The molecule has 0 saturated heterocycles. The number of nitro groups is 1. The van der Waals surface area contributed by atoms with Gasteiger partial charge < -0.3 is 14.8 Å². The van der Waals surface area contributed by atoms with Crippen molar-refractivity contribution in [2.75, 3.05) is 14.2 Å². The van der Waals surface area contributed by atoms with Gasteiger partial charge in [0.05, 0.1) is 9.95 Å². The molecule has 6 nitrogen and oxygen atoms in total. The Balaban J connectivity index is 2.18. The Bertz CT molecular complexity index is 483. The molecule has 0 aliphatic heterocycles. The molecule has 0 radical (unpaired) electrons. The second-order valence-electron chi connectivity index (χ2n) is 4.33. The fraction of sp³-hybridized carbons (Fsp3) is 0.500. The molecule has 7 heteroatoms. The van der Waals surface area contributed by atoms with Crippen LogP contribution >= 0.6 is 11.6 Å². The molecule has 0 aromatic heterocycles. The highest BCUT2D eigenvalue weighted by Crippen LogP contribution is 2.38. The fourth-order valence-corrected chi connectivity index (χ4v) is 2.42. The van der Waals surface area contributed by atoms with E-state index in [0.717, 1.165) is 6.42 Å². The molecule has 1 fully saturated rings. The van der Waals surface area contributed by atoms with E-state index in [1.807, 2.05) is 7.05 Å². The average molecular weight is 287 g/mol. The van der Waals surface area contributed by atoms with Gasteiger partial charge in [-0.25, -0.2) is 0 Å². The molecule has 0 bridgehead atoms. The second kappa shape index (κ2) is 5.73. The summed E-state index contributed by atoms with van der Waals surface area (Å²) in [6.45, 7) is 0. The molecule has 2 rings (SSSR count). The summed E-state index contributed by atoms with van der Waals surface area (Å²) in [6, 6.07) is 4.66. The molecule has 1 aliphatic rings. The van der Waals surface area contributed by atoms with E-state index in [0.29, 0.717) is 0 Å². The summed E-state index contributed by atoms with van der Waals surface area (Å²) < 4.78 is 11.0. The fourth-order valence-electron chi connectivity index (χ4n) is 2.20. The van der Waals surface area contributed by atoms with Crippen molar-refractivity contribution < 1.29 is 14.4 Å². The first-order valence-electron chi connectivity index (χ1n) is 5.88. The summed E-state index contributed by atoms with van der Waals surface area (Å²) >= 11 is 5.97. The van der Waals surface area contributed by atoms with Crippen LogP contribution < -0.4 is 10.1 Å². The van der Waals surface area contributed by atoms with E-state index in [-0.39, 0.29) is 34.7 Å². The van der Waals surface area contributed by atoms with Gasteiger partial charge in [0.2, 0.25) is 5.75 Å². The van der Waals surface area contributed by atoms with Gasteiger partial charge in [0.15, 0.2) is 0 Å². The second-order valence-corrected chi connectivity index (χ2v) is 4.74. The quantitative estimate of drug-likeness (QED) is 0.662. The first-order chi connectivity index (χ1) is 9.08. The highest BCUT2D eigenvalue weighted by atomic mass is 35.5. The van der Waals surface area contributed by atoms with Crippen LogP contribution in [0.2, 0.25) is 5.02 Å². The zero-order valence-corrected chi connectivity index (χ0v) is 11.4. The minimum Gasteiger partial charge on any atom is -0.480 e. The Morgan fingerprint density at radius 2 is 2.26 bits per heavy atom. The third kappa shape index (κ3) is 2.65. The molecule has 1 saturated carbocycles. The third-order valence-corrected chi connectivity index (χ3v) is 3.60. The first kappa shape index (κ1) is 14.0. The van der Waals surface area contributed by atoms with Gasteiger partial charge in [-0.3, -0.25) is 10.1 Å². The zero-order valence-electron chi connectivity index (χ0n) is 10.6. The number of nitrogens with zero attached hydrogens (tertiary/aromatic N) is 1. The van der Waals surface area contributed by atoms with Crippen molar-refractivity contribution >= 4 is 17.3 Å². The number of halogens is 1. The average Bonchev–Trinajstić information content (AvgIpc) is 2.35. The SMILES string of the molecule is CNC1CC(Oc2c(Cl)cccc2[N+](=O)[O-])C1OC. The molecule has 3 atom stereocenters. The van der Waals surface area contributed by atoms with Crippen LogP contribution in [0.1, 0.15) is 6.42 Å². The number of hydrogen-bond donors (Lipinski definition) is 1. The number of ether oxygens (including phenoxy) is 2. The number of methoxy groups -OCH3 is 1. The number of rotatable bonds is 5. The summed E-state index contributed by atoms with van der Waals surface area (Å²) in [5, 5.41) is 14.3. The van der Waals surface area contributed by atoms with E-state index in [4.69, 9.17) is 21.1 Å². The van der Waals surface area contributed by atoms with Crippen molar-refractivity contribution in [1.29, 1.82) is 0 Å². The summed E-state index contributed by atoms with van der Waals surface area (Å²) in [6.07, 6.45) is 0.346. The molecule has 1 aromatic carbocycles. The number of nitrogens with one attached hydrogen (secondary N) is 1. The Kier molecular flexibility index (Phi) is 4.24. The van der Waals surface area contributed by atoms with Gasteiger partial charge in [0.25, 0.3) is 0 Å². The van der Waals surface area contributed by atoms with Crippen LogP contribution in [0.5, 0.6) is 5.75 Å². The Morgan fingerprint density at radius 3 is 2.84 bits per heavy atom. The van der Waals surface area contributed by atoms with Crippen molar-refractivity contribution in [2.45, 2.75) is 24.7 Å². The maximum Gasteiger partial charge on any atom is 0.312 e. The van der Waals surface area contributed by atoms with Gasteiger partial charge in [-0.2, -0.15) is 0 Å². The Morgan fingerprint density at radius 1 is 1.53 bits per heavy atom. The lowest BCUT2D eigenvalue weighted by atomic mass is 9.85. The molecule has 0 spiro atoms. The number of benzene rings is 1. The standard InChI is InChI=1S/C12H15ClN2O4/c1-14-8-6-10(12(8)18-2)19-11-7(13)4-3-5-9(11)15(16)17/h3-5,8,10,12,14H,6H2,1-2H3. The van der Waals surface area contributed by atoms with Gasteiger partial charge in [-0.1, -0.05) is 17.7 Å². The van der Waals surface area contributed by atoms with Crippen LogP contribution in [0.3, 0.4) is 0 Å². The van der Waals surface area contributed by atoms with Gasteiger partial charge in [-0.05, 0) is 13.1 Å². The summed E-state index contributed by atoms with van der Waals surface area (Å²) in [5.74, 6) is 0.107. The van der Waals surface area contributed by atoms with Crippen LogP contribution in [0.15, 0.2) is 18.2 Å². The molecule has 1 aromatic rings. The smallest absolute Gasteiger partial charge is 0.312 e. The summed E-state index contributed by atoms with van der Waals surface area (Å²) in [5.41, 5.74) is -0.129. The summed E-state index contributed by atoms with van der Waals surface area (Å²) in [7, 11) is 3.43. The highest BCUT2D eigenvalue weighted by molar-refractivity contribution is 6.32. The molecule has 1 aliphatic carbocycles. The van der Waals surface area contributed by atoms with Crippen LogP contribution in [-0.2, 0) is 4.74 Å². The van der Waals surface area contributed by atoms with E-state index in [1.54, 1.807) is 13.2 Å². The van der Waals surface area contributed by atoms with Crippen LogP contribution in [0, 0.1) is 10.1 Å². The Hall–Kier alpha value is -1.37. The zero-order chi connectivity index (χ0) is 14.0. The highest BCUT2D eigenvalue weighted by Gasteiger charge is 2.43. The largest absolute Gasteiger partial charge is 0.480 e. The van der Waals surface area contributed by atoms with Gasteiger partial charge in [0.1, 0.15) is 12.2 Å². The maximum absolute atomic E-state index is 11.0. The topological polar surface area (TPSA) is 73.6 Å². The van der Waals surface area contributed by atoms with Crippen molar-refractivity contribution in [3.63, 3.8) is 0 Å². The maximum atomic E-state index is 11.0. The number of nitro benzene ring substituents is 1. The van der Waals surface area contributed by atoms with E-state index >= 15 is 0 Å². The van der Waals surface area contributed by atoms with E-state index in [1.165, 1.54) is 12.1 Å². The lowest BCUT2D eigenvalue weighted by molar-refractivity contribution is -0.386. The van der Waals surface area contributed by atoms with Crippen molar-refractivity contribution in [2.24, 2.45) is 0 Å². The number of hydrogen-bond acceptors (Lipinski definition) is 5. The molecule has 0 amide bonds. The normalized spacial score (nSPS) is 25.7. The minimum atomic E-state index is -0.503. The third-order valence-electron chi connectivity index (χ3n) is 3.30. The minimum absolute atomic E-state index is 0.107. The number of likely N-dealkylation sites (N-methyl/N-ethyl adjacent to an activating group) is 1. The molecule has 19 heavy (non-hydrogen) atoms. The lowest BCUT2D eigenvalue weighted by Gasteiger charge is -2.42. The Labute approximate surface area is 115 Å². The molecular formula is C12H15ClN2O4. The van der Waals surface area contributed by atoms with Crippen molar-refractivity contribution in [3.8, 4) is 5.75 Å². The van der Waals surface area contributed by atoms with E-state index in [9.17, 15) is 10.1 Å². The first-order valence-corrected chi connectivity index (χ1v) is 6.26. The van der Waals surface area contributed by atoms with Gasteiger partial charge >= 0.3 is 5.69 Å². The van der Waals surface area contributed by atoms with Crippen LogP contribution in [0.4, 0.5) is 5.69 Å². The van der Waals surface area contributed by atoms with Crippen molar-refractivity contribution in [1.82, 2.24) is 5.32 Å². The van der Waals surface area contributed by atoms with Gasteiger partial charge in [-0.15, -0.1) is 0 Å². The molecule has 104 valence electrons. The van der Waals surface area contributed by atoms with Crippen LogP contribution in [-0.4, -0.2) is 37.3 Å². The molecular weight excluding hydrogens is 272 g/mol.